The minimum atomic E-state index is -0.922. The van der Waals surface area contributed by atoms with Crippen LogP contribution in [0.3, 0.4) is 0 Å². The molecule has 0 fully saturated rings. The molecule has 0 unspecified atom stereocenters. The highest BCUT2D eigenvalue weighted by atomic mass is 16.4. The maximum Gasteiger partial charge on any atom is 0.353 e. The molecule has 12 heavy (non-hydrogen) atoms. The summed E-state index contributed by atoms with van der Waals surface area (Å²) in [5, 5.41) is 11.5. The zero-order valence-electron chi connectivity index (χ0n) is 6.32. The molecule has 2 N–H and O–H groups in total. The van der Waals surface area contributed by atoms with Crippen LogP contribution in [0.1, 0.15) is 5.69 Å². The van der Waals surface area contributed by atoms with Crippen molar-refractivity contribution in [2.24, 2.45) is 0 Å². The Kier molecular flexibility index (Phi) is 1.40. The molecule has 2 rings (SSSR count). The number of hydrogen-bond donors (Lipinski definition) is 2. The monoisotopic (exact) mass is 164 g/mol. The molecule has 1 aliphatic heterocycles. The lowest BCUT2D eigenvalue weighted by atomic mass is 10.3. The minimum Gasteiger partial charge on any atom is -0.477 e. The molecule has 0 radical (unpaired) electrons. The van der Waals surface area contributed by atoms with Gasteiger partial charge in [-0.15, -0.1) is 0 Å². The van der Waals surface area contributed by atoms with Crippen LogP contribution in [-0.4, -0.2) is 15.6 Å². The molecule has 0 aliphatic carbocycles. The van der Waals surface area contributed by atoms with E-state index in [9.17, 15) is 4.79 Å². The van der Waals surface area contributed by atoms with Gasteiger partial charge in [-0.2, -0.15) is 0 Å². The summed E-state index contributed by atoms with van der Waals surface area (Å²) >= 11 is 0. The predicted octanol–water partition coefficient (Wildman–Crippen LogP) is 0.474. The van der Waals surface area contributed by atoms with Crippen LogP contribution in [0.2, 0.25) is 0 Å². The highest BCUT2D eigenvalue weighted by molar-refractivity contribution is 5.89. The van der Waals surface area contributed by atoms with Gasteiger partial charge in [0.05, 0.1) is 6.54 Å². The predicted molar refractivity (Wildman–Crippen MR) is 43.2 cm³/mol. The summed E-state index contributed by atoms with van der Waals surface area (Å²) in [7, 11) is 0. The fraction of sp³-hybridized carbons (Fsp3) is 0.125. The summed E-state index contributed by atoms with van der Waals surface area (Å²) in [5.74, 6) is -0.922. The molecule has 4 nitrogen and oxygen atoms in total. The standard InChI is InChI=1S/C8H8N2O2/c11-8(12)7-5-10-3-1-2-6(10)4-9-7/h1-3,5,9H,4H2,(H,11,12). The first kappa shape index (κ1) is 6.97. The molecular formula is C8H8N2O2. The number of carbonyl (C=O) groups is 1. The molecule has 0 atom stereocenters. The Labute approximate surface area is 69.1 Å². The Hall–Kier alpha value is -1.71. The molecule has 1 aliphatic rings. The van der Waals surface area contributed by atoms with E-state index in [1.807, 2.05) is 18.3 Å². The third kappa shape index (κ3) is 0.972. The van der Waals surface area contributed by atoms with Crippen LogP contribution >= 0.6 is 0 Å². The van der Waals surface area contributed by atoms with E-state index in [0.717, 1.165) is 5.69 Å². The quantitative estimate of drug-likeness (QED) is 0.634. The first-order valence-corrected chi connectivity index (χ1v) is 3.62. The molecule has 1 aromatic rings. The number of fused-ring (bicyclic) bond motifs is 1. The maximum atomic E-state index is 10.5. The van der Waals surface area contributed by atoms with Crippen molar-refractivity contribution in [1.82, 2.24) is 9.88 Å². The number of carboxylic acids is 1. The van der Waals surface area contributed by atoms with Gasteiger partial charge in [0, 0.05) is 18.1 Å². The first-order valence-electron chi connectivity index (χ1n) is 3.62. The Bertz CT molecular complexity index is 352. The van der Waals surface area contributed by atoms with Crippen LogP contribution < -0.4 is 5.32 Å². The zero-order chi connectivity index (χ0) is 8.55. The van der Waals surface area contributed by atoms with Crippen LogP contribution in [0, 0.1) is 0 Å². The largest absolute Gasteiger partial charge is 0.477 e. The van der Waals surface area contributed by atoms with Gasteiger partial charge >= 0.3 is 5.97 Å². The average molecular weight is 164 g/mol. The van der Waals surface area contributed by atoms with E-state index in [1.165, 1.54) is 0 Å². The van der Waals surface area contributed by atoms with Gasteiger partial charge in [-0.25, -0.2) is 4.79 Å². The van der Waals surface area contributed by atoms with E-state index in [0.29, 0.717) is 6.54 Å². The van der Waals surface area contributed by atoms with E-state index in [1.54, 1.807) is 10.8 Å². The molecule has 1 aromatic heterocycles. The third-order valence-corrected chi connectivity index (χ3v) is 1.83. The first-order chi connectivity index (χ1) is 5.77. The Morgan fingerprint density at radius 3 is 3.25 bits per heavy atom. The van der Waals surface area contributed by atoms with Crippen molar-refractivity contribution in [3.63, 3.8) is 0 Å². The molecule has 2 heterocycles. The Balaban J connectivity index is 2.41. The lowest BCUT2D eigenvalue weighted by Crippen LogP contribution is -2.25. The molecule has 0 spiro atoms. The van der Waals surface area contributed by atoms with Crippen molar-refractivity contribution in [2.75, 3.05) is 0 Å². The summed E-state index contributed by atoms with van der Waals surface area (Å²) in [6.07, 6.45) is 3.40. The third-order valence-electron chi connectivity index (χ3n) is 1.83. The normalized spacial score (nSPS) is 14.5. The molecule has 4 heteroatoms. The van der Waals surface area contributed by atoms with Crippen LogP contribution in [0.25, 0.3) is 6.20 Å². The van der Waals surface area contributed by atoms with Crippen molar-refractivity contribution in [1.29, 1.82) is 0 Å². The average Bonchev–Trinajstić information content (AvgIpc) is 2.49. The van der Waals surface area contributed by atoms with E-state index < -0.39 is 5.97 Å². The van der Waals surface area contributed by atoms with Gasteiger partial charge in [0.2, 0.25) is 0 Å². The van der Waals surface area contributed by atoms with Crippen molar-refractivity contribution in [3.8, 4) is 0 Å². The van der Waals surface area contributed by atoms with E-state index in [4.69, 9.17) is 5.11 Å². The number of aliphatic carboxylic acids is 1. The van der Waals surface area contributed by atoms with Crippen molar-refractivity contribution in [3.05, 3.63) is 29.7 Å². The second-order valence-corrected chi connectivity index (χ2v) is 2.61. The number of hydrogen-bond acceptors (Lipinski definition) is 2. The van der Waals surface area contributed by atoms with Crippen LogP contribution in [0.5, 0.6) is 0 Å². The number of nitrogens with one attached hydrogen (secondary N) is 1. The highest BCUT2D eigenvalue weighted by Gasteiger charge is 2.12. The molecule has 0 aromatic carbocycles. The molecule has 0 bridgehead atoms. The van der Waals surface area contributed by atoms with Crippen LogP contribution in [0.4, 0.5) is 0 Å². The second-order valence-electron chi connectivity index (χ2n) is 2.61. The van der Waals surface area contributed by atoms with Crippen LogP contribution in [-0.2, 0) is 11.3 Å². The smallest absolute Gasteiger partial charge is 0.353 e. The zero-order valence-corrected chi connectivity index (χ0v) is 6.32. The van der Waals surface area contributed by atoms with Gasteiger partial charge in [-0.1, -0.05) is 0 Å². The number of aromatic nitrogens is 1. The van der Waals surface area contributed by atoms with E-state index in [2.05, 4.69) is 5.32 Å². The van der Waals surface area contributed by atoms with Gasteiger partial charge in [0.15, 0.2) is 0 Å². The van der Waals surface area contributed by atoms with Crippen molar-refractivity contribution >= 4 is 12.2 Å². The minimum absolute atomic E-state index is 0.235. The summed E-state index contributed by atoms with van der Waals surface area (Å²) in [4.78, 5) is 10.5. The molecule has 0 saturated carbocycles. The maximum absolute atomic E-state index is 10.5. The molecule has 0 saturated heterocycles. The van der Waals surface area contributed by atoms with E-state index >= 15 is 0 Å². The fourth-order valence-corrected chi connectivity index (χ4v) is 1.21. The molecular weight excluding hydrogens is 156 g/mol. The van der Waals surface area contributed by atoms with Crippen molar-refractivity contribution < 1.29 is 9.90 Å². The highest BCUT2D eigenvalue weighted by Crippen LogP contribution is 2.10. The molecule has 62 valence electrons. The van der Waals surface area contributed by atoms with Gasteiger partial charge in [0.25, 0.3) is 0 Å². The number of nitrogens with zero attached hydrogens (tertiary/aromatic N) is 1. The number of rotatable bonds is 1. The second kappa shape index (κ2) is 2.41. The van der Waals surface area contributed by atoms with Gasteiger partial charge < -0.3 is 15.0 Å². The summed E-state index contributed by atoms with van der Waals surface area (Å²) < 4.78 is 1.81. The Morgan fingerprint density at radius 1 is 1.67 bits per heavy atom. The number of carboxylic acid groups (broad SMARTS) is 1. The Morgan fingerprint density at radius 2 is 2.50 bits per heavy atom. The summed E-state index contributed by atoms with van der Waals surface area (Å²) in [6, 6.07) is 3.83. The lowest BCUT2D eigenvalue weighted by molar-refractivity contribution is -0.133. The fourth-order valence-electron chi connectivity index (χ4n) is 1.21. The van der Waals surface area contributed by atoms with Crippen LogP contribution in [0.15, 0.2) is 24.0 Å². The summed E-state index contributed by atoms with van der Waals surface area (Å²) in [6.45, 7) is 0.575. The SMILES string of the molecule is O=C(O)C1=Cn2cccc2CN1. The van der Waals surface area contributed by atoms with Gasteiger partial charge in [-0.3, -0.25) is 0 Å². The van der Waals surface area contributed by atoms with Crippen molar-refractivity contribution in [2.45, 2.75) is 6.54 Å². The lowest BCUT2D eigenvalue weighted by Gasteiger charge is -2.14. The summed E-state index contributed by atoms with van der Waals surface area (Å²) in [5.41, 5.74) is 1.30. The van der Waals surface area contributed by atoms with Gasteiger partial charge in [-0.05, 0) is 12.1 Å². The van der Waals surface area contributed by atoms with Gasteiger partial charge in [0.1, 0.15) is 5.70 Å². The molecule has 0 amide bonds. The topological polar surface area (TPSA) is 54.3 Å². The van der Waals surface area contributed by atoms with E-state index in [-0.39, 0.29) is 5.70 Å².